The number of nitrogens with zero attached hydrogens (tertiary/aromatic N) is 3. The summed E-state index contributed by atoms with van der Waals surface area (Å²) in [6.07, 6.45) is 2.77. The number of benzene rings is 1. The number of amides is 1. The smallest absolute Gasteiger partial charge is 0.288 e. The van der Waals surface area contributed by atoms with E-state index in [1.165, 1.54) is 0 Å². The summed E-state index contributed by atoms with van der Waals surface area (Å²) in [6, 6.07) is 11.0. The van der Waals surface area contributed by atoms with Gasteiger partial charge < -0.3 is 38.4 Å². The molecule has 2 aliphatic heterocycles. The molecule has 1 amide bonds. The van der Waals surface area contributed by atoms with Crippen molar-refractivity contribution in [3.05, 3.63) is 64.3 Å². The van der Waals surface area contributed by atoms with Crippen molar-refractivity contribution in [1.29, 1.82) is 0 Å². The third-order valence-electron chi connectivity index (χ3n) is 7.07. The van der Waals surface area contributed by atoms with Crippen LogP contribution in [0, 0.1) is 0 Å². The van der Waals surface area contributed by atoms with E-state index in [1.807, 2.05) is 42.1 Å². The van der Waals surface area contributed by atoms with E-state index < -0.39 is 6.29 Å². The van der Waals surface area contributed by atoms with Crippen LogP contribution in [0.1, 0.15) is 30.9 Å². The second kappa shape index (κ2) is 17.2. The molecule has 1 fully saturated rings. The first-order chi connectivity index (χ1) is 20.6. The van der Waals surface area contributed by atoms with Gasteiger partial charge in [0.25, 0.3) is 11.5 Å². The molecule has 1 aromatic heterocycles. The summed E-state index contributed by atoms with van der Waals surface area (Å²) in [6.45, 7) is 4.49. The molecule has 0 spiro atoms. The summed E-state index contributed by atoms with van der Waals surface area (Å²) < 4.78 is 37.9. The second-order valence-corrected chi connectivity index (χ2v) is 10.0. The van der Waals surface area contributed by atoms with Gasteiger partial charge in [-0.1, -0.05) is 18.2 Å². The highest BCUT2D eigenvalue weighted by Gasteiger charge is 2.33. The van der Waals surface area contributed by atoms with Gasteiger partial charge in [-0.2, -0.15) is 0 Å². The minimum Gasteiger partial charge on any atom is -0.459 e. The molecule has 0 unspecified atom stereocenters. The van der Waals surface area contributed by atoms with Crippen LogP contribution in [0.3, 0.4) is 0 Å². The average molecular weight is 590 g/mol. The van der Waals surface area contributed by atoms with Gasteiger partial charge in [0.2, 0.25) is 6.29 Å². The van der Waals surface area contributed by atoms with Crippen LogP contribution in [0.5, 0.6) is 0 Å². The topological polar surface area (TPSA) is 123 Å². The Bertz CT molecular complexity index is 1160. The summed E-state index contributed by atoms with van der Waals surface area (Å²) in [4.78, 5) is 28.5. The molecule has 3 heterocycles. The highest BCUT2D eigenvalue weighted by Crippen LogP contribution is 2.32. The van der Waals surface area contributed by atoms with Gasteiger partial charge in [-0.3, -0.25) is 14.3 Å². The molecule has 1 N–H and O–H groups in total. The molecular formula is C30H43N3O9. The first kappa shape index (κ1) is 31.9. The molecule has 42 heavy (non-hydrogen) atoms. The highest BCUT2D eigenvalue weighted by atomic mass is 16.7. The lowest BCUT2D eigenvalue weighted by atomic mass is 9.97. The van der Waals surface area contributed by atoms with E-state index in [9.17, 15) is 9.59 Å². The predicted octanol–water partition coefficient (Wildman–Crippen LogP) is 1.59. The van der Waals surface area contributed by atoms with Crippen molar-refractivity contribution in [3.63, 3.8) is 0 Å². The maximum Gasteiger partial charge on any atom is 0.288 e. The quantitative estimate of drug-likeness (QED) is 0.458. The Hall–Kier alpha value is -3.00. The van der Waals surface area contributed by atoms with Crippen molar-refractivity contribution >= 4 is 5.91 Å². The first-order valence-corrected chi connectivity index (χ1v) is 14.6. The third-order valence-corrected chi connectivity index (χ3v) is 7.07. The monoisotopic (exact) mass is 589 g/mol. The van der Waals surface area contributed by atoms with Crippen molar-refractivity contribution in [1.82, 2.24) is 14.3 Å². The third kappa shape index (κ3) is 9.25. The van der Waals surface area contributed by atoms with Crippen LogP contribution in [0.2, 0.25) is 0 Å². The molecule has 0 radical (unpaired) electrons. The maximum absolute atomic E-state index is 13.8. The Morgan fingerprint density at radius 1 is 0.929 bits per heavy atom. The lowest BCUT2D eigenvalue weighted by Crippen LogP contribution is -2.40. The highest BCUT2D eigenvalue weighted by molar-refractivity contribution is 5.91. The number of ether oxygens (including phenoxy) is 6. The fraction of sp³-hybridized carbons (Fsp3) is 0.600. The number of hydrogen-bond acceptors (Lipinski definition) is 9. The number of aromatic nitrogens is 2. The Morgan fingerprint density at radius 2 is 1.55 bits per heavy atom. The molecule has 4 rings (SSSR count). The van der Waals surface area contributed by atoms with Gasteiger partial charge in [0.05, 0.1) is 65.1 Å². The molecule has 0 bridgehead atoms. The van der Waals surface area contributed by atoms with Gasteiger partial charge in [-0.15, -0.1) is 0 Å². The standard InChI is InChI=1S/C30H43N3O9/c1-31-26(23-28(35)33(31)25-7-3-2-4-8-25)24-21-27(42-29(22-24)41-12-6-5-11-34)30(36)32-9-13-37-15-17-39-19-20-40-18-16-38-14-10-32/h2-4,7-8,21,23-24,29,34H,5-6,9-20,22H2,1H3/t24-,29+/m1/s1. The van der Waals surface area contributed by atoms with Gasteiger partial charge in [-0.05, 0) is 31.1 Å². The second-order valence-electron chi connectivity index (χ2n) is 10.0. The Kier molecular flexibility index (Phi) is 13.1. The van der Waals surface area contributed by atoms with Gasteiger partial charge in [-0.25, -0.2) is 4.68 Å². The SMILES string of the molecule is Cn1c([C@@H]2C=C(C(=O)N3CCOCCOCCOCCOCC3)O[C@H](OCCCCO)C2)cc(=O)n1-c1ccccc1. The first-order valence-electron chi connectivity index (χ1n) is 14.6. The van der Waals surface area contributed by atoms with E-state index >= 15 is 0 Å². The van der Waals surface area contributed by atoms with E-state index in [-0.39, 0.29) is 29.8 Å². The molecule has 232 valence electrons. The van der Waals surface area contributed by atoms with E-state index in [0.717, 1.165) is 11.4 Å². The molecule has 0 saturated carbocycles. The van der Waals surface area contributed by atoms with Crippen LogP contribution in [0.25, 0.3) is 5.69 Å². The number of carbonyl (C=O) groups is 1. The lowest BCUT2D eigenvalue weighted by Gasteiger charge is -2.32. The zero-order valence-electron chi connectivity index (χ0n) is 24.4. The summed E-state index contributed by atoms with van der Waals surface area (Å²) in [7, 11) is 1.83. The number of allylic oxidation sites excluding steroid dienone is 1. The molecule has 2 aromatic rings. The van der Waals surface area contributed by atoms with Gasteiger partial charge >= 0.3 is 0 Å². The number of rotatable bonds is 8. The Morgan fingerprint density at radius 3 is 2.17 bits per heavy atom. The van der Waals surface area contributed by atoms with Crippen molar-refractivity contribution in [2.75, 3.05) is 79.2 Å². The fourth-order valence-corrected chi connectivity index (χ4v) is 4.89. The zero-order valence-corrected chi connectivity index (χ0v) is 24.4. The van der Waals surface area contributed by atoms with E-state index in [1.54, 1.807) is 21.7 Å². The lowest BCUT2D eigenvalue weighted by molar-refractivity contribution is -0.154. The number of hydrogen-bond donors (Lipinski definition) is 1. The summed E-state index contributed by atoms with van der Waals surface area (Å²) >= 11 is 0. The molecule has 1 saturated heterocycles. The van der Waals surface area contributed by atoms with E-state index in [0.29, 0.717) is 91.8 Å². The number of para-hydroxylation sites is 1. The normalized spacial score (nSPS) is 21.6. The van der Waals surface area contributed by atoms with Gasteiger partial charge in [0.1, 0.15) is 0 Å². The number of aliphatic hydroxyl groups excluding tert-OH is 1. The zero-order chi connectivity index (χ0) is 29.6. The minimum absolute atomic E-state index is 0.0770. The molecule has 0 aliphatic carbocycles. The van der Waals surface area contributed by atoms with Crippen LogP contribution >= 0.6 is 0 Å². The van der Waals surface area contributed by atoms with Gasteiger partial charge in [0, 0.05) is 50.8 Å². The van der Waals surface area contributed by atoms with E-state index in [4.69, 9.17) is 33.5 Å². The Labute approximate surface area is 246 Å². The predicted molar refractivity (Wildman–Crippen MR) is 153 cm³/mol. The molecule has 2 aliphatic rings. The molecule has 2 atom stereocenters. The van der Waals surface area contributed by atoms with Crippen molar-refractivity contribution in [3.8, 4) is 5.69 Å². The van der Waals surface area contributed by atoms with Gasteiger partial charge in [0.15, 0.2) is 5.76 Å². The molecule has 12 heteroatoms. The summed E-state index contributed by atoms with van der Waals surface area (Å²) in [5.41, 5.74) is 1.32. The van der Waals surface area contributed by atoms with Crippen LogP contribution in [0.4, 0.5) is 0 Å². The van der Waals surface area contributed by atoms with Crippen molar-refractivity contribution in [2.24, 2.45) is 7.05 Å². The summed E-state index contributed by atoms with van der Waals surface area (Å²) in [5.74, 6) is -0.462. The average Bonchev–Trinajstić information content (AvgIpc) is 3.30. The molecular weight excluding hydrogens is 546 g/mol. The maximum atomic E-state index is 13.8. The van der Waals surface area contributed by atoms with Crippen molar-refractivity contribution in [2.45, 2.75) is 31.5 Å². The van der Waals surface area contributed by atoms with Crippen molar-refractivity contribution < 1.29 is 38.3 Å². The largest absolute Gasteiger partial charge is 0.459 e. The fourth-order valence-electron chi connectivity index (χ4n) is 4.89. The Balaban J connectivity index is 1.55. The number of unbranched alkanes of at least 4 members (excludes halogenated alkanes) is 1. The minimum atomic E-state index is -0.696. The van der Waals surface area contributed by atoms with E-state index in [2.05, 4.69) is 0 Å². The van der Waals surface area contributed by atoms with Crippen LogP contribution in [-0.4, -0.2) is 111 Å². The van der Waals surface area contributed by atoms with Crippen LogP contribution in [0.15, 0.2) is 53.0 Å². The molecule has 1 aromatic carbocycles. The molecule has 12 nitrogen and oxygen atoms in total. The summed E-state index contributed by atoms with van der Waals surface area (Å²) in [5, 5.41) is 9.15. The number of carbonyl (C=O) groups excluding carboxylic acids is 1. The number of aliphatic hydroxyl groups is 1. The van der Waals surface area contributed by atoms with Crippen LogP contribution < -0.4 is 5.56 Å². The van der Waals surface area contributed by atoms with Crippen LogP contribution in [-0.2, 0) is 40.3 Å².